The van der Waals surface area contributed by atoms with Crippen molar-refractivity contribution in [2.24, 2.45) is 0 Å². The summed E-state index contributed by atoms with van der Waals surface area (Å²) in [5.74, 6) is 0. The Morgan fingerprint density at radius 2 is 1.67 bits per heavy atom. The molecule has 0 aliphatic carbocycles. The highest BCUT2D eigenvalue weighted by Gasteiger charge is 2.53. The second-order valence-electron chi connectivity index (χ2n) is 5.63. The second-order valence-corrected chi connectivity index (χ2v) is 7.39. The van der Waals surface area contributed by atoms with E-state index < -0.39 is 0 Å². The van der Waals surface area contributed by atoms with Gasteiger partial charge in [-0.25, -0.2) is 4.98 Å². The molecule has 1 aliphatic rings. The largest absolute Gasteiger partial charge is 0.508 e. The quantitative estimate of drug-likeness (QED) is 0.778. The van der Waals surface area contributed by atoms with Crippen LogP contribution in [-0.2, 0) is 9.31 Å². The van der Waals surface area contributed by atoms with Gasteiger partial charge in [0, 0.05) is 14.1 Å². The van der Waals surface area contributed by atoms with Crippen molar-refractivity contribution in [3.63, 3.8) is 0 Å². The van der Waals surface area contributed by atoms with E-state index in [4.69, 9.17) is 9.31 Å². The SMILES string of the molecule is CN(C)c1nc(Br)c(B2OC(C)(C)C(C)(C)O2)s1. The van der Waals surface area contributed by atoms with Crippen molar-refractivity contribution in [1.29, 1.82) is 0 Å². The summed E-state index contributed by atoms with van der Waals surface area (Å²) < 4.78 is 13.8. The Labute approximate surface area is 121 Å². The van der Waals surface area contributed by atoms with Crippen LogP contribution in [0.25, 0.3) is 0 Å². The molecule has 0 radical (unpaired) electrons. The fraction of sp³-hybridized carbons (Fsp3) is 0.727. The molecule has 0 spiro atoms. The van der Waals surface area contributed by atoms with Crippen molar-refractivity contribution >= 4 is 44.3 Å². The van der Waals surface area contributed by atoms with Crippen LogP contribution >= 0.6 is 27.3 Å². The Kier molecular flexibility index (Phi) is 3.55. The smallest absolute Gasteiger partial charge is 0.399 e. The van der Waals surface area contributed by atoms with E-state index in [1.165, 1.54) is 0 Å². The lowest BCUT2D eigenvalue weighted by Gasteiger charge is -2.32. The Bertz CT molecular complexity index is 446. The molecule has 7 heteroatoms. The monoisotopic (exact) mass is 332 g/mol. The molecule has 100 valence electrons. The van der Waals surface area contributed by atoms with Crippen molar-refractivity contribution in [2.45, 2.75) is 38.9 Å². The highest BCUT2D eigenvalue weighted by Crippen LogP contribution is 2.38. The maximum Gasteiger partial charge on any atom is 0.508 e. The Hall–Kier alpha value is -0.105. The van der Waals surface area contributed by atoms with Crippen molar-refractivity contribution in [2.75, 3.05) is 19.0 Å². The minimum absolute atomic E-state index is 0.320. The van der Waals surface area contributed by atoms with E-state index in [0.29, 0.717) is 0 Å². The number of halogens is 1. The standard InChI is InChI=1S/C11H18BBrN2O2S/c1-10(2)11(3,4)17-12(16-10)7-8(13)14-9(18-7)15(5)6/h1-6H3. The van der Waals surface area contributed by atoms with Gasteiger partial charge in [-0.15, -0.1) is 11.3 Å². The van der Waals surface area contributed by atoms with Crippen molar-refractivity contribution in [1.82, 2.24) is 4.98 Å². The van der Waals surface area contributed by atoms with Crippen LogP contribution in [0.3, 0.4) is 0 Å². The first kappa shape index (κ1) is 14.3. The fourth-order valence-electron chi connectivity index (χ4n) is 1.59. The lowest BCUT2D eigenvalue weighted by Crippen LogP contribution is -2.41. The highest BCUT2D eigenvalue weighted by molar-refractivity contribution is 9.10. The van der Waals surface area contributed by atoms with Gasteiger partial charge in [0.25, 0.3) is 0 Å². The molecular formula is C11H18BBrN2O2S. The average molecular weight is 333 g/mol. The zero-order valence-electron chi connectivity index (χ0n) is 11.6. The minimum atomic E-state index is -0.351. The second kappa shape index (κ2) is 4.47. The summed E-state index contributed by atoms with van der Waals surface area (Å²) >= 11 is 5.07. The van der Waals surface area contributed by atoms with E-state index in [2.05, 4.69) is 48.6 Å². The summed E-state index contributed by atoms with van der Waals surface area (Å²) in [7, 11) is 3.59. The summed E-state index contributed by atoms with van der Waals surface area (Å²) in [5, 5.41) is 0.937. The van der Waals surface area contributed by atoms with E-state index in [0.717, 1.165) is 14.5 Å². The van der Waals surface area contributed by atoms with Crippen LogP contribution in [0.4, 0.5) is 5.13 Å². The first-order valence-electron chi connectivity index (χ1n) is 5.83. The maximum absolute atomic E-state index is 6.02. The van der Waals surface area contributed by atoms with Gasteiger partial charge in [0.15, 0.2) is 5.13 Å². The third-order valence-corrected chi connectivity index (χ3v) is 5.56. The molecule has 0 saturated carbocycles. The molecule has 2 rings (SSSR count). The lowest BCUT2D eigenvalue weighted by molar-refractivity contribution is 0.00578. The summed E-state index contributed by atoms with van der Waals surface area (Å²) in [4.78, 5) is 6.43. The maximum atomic E-state index is 6.02. The van der Waals surface area contributed by atoms with Crippen LogP contribution in [0.15, 0.2) is 4.60 Å². The summed E-state index contributed by atoms with van der Waals surface area (Å²) in [5.41, 5.74) is -0.640. The van der Waals surface area contributed by atoms with Gasteiger partial charge in [0.2, 0.25) is 0 Å². The zero-order chi connectivity index (χ0) is 13.7. The lowest BCUT2D eigenvalue weighted by atomic mass is 9.89. The van der Waals surface area contributed by atoms with E-state index in [1.807, 2.05) is 19.0 Å². The number of hydrogen-bond donors (Lipinski definition) is 0. The topological polar surface area (TPSA) is 34.6 Å². The molecular weight excluding hydrogens is 315 g/mol. The van der Waals surface area contributed by atoms with Crippen LogP contribution in [0, 0.1) is 0 Å². The van der Waals surface area contributed by atoms with E-state index >= 15 is 0 Å². The Morgan fingerprint density at radius 1 is 1.17 bits per heavy atom. The van der Waals surface area contributed by atoms with Gasteiger partial charge in [-0.1, -0.05) is 0 Å². The first-order valence-corrected chi connectivity index (χ1v) is 7.44. The normalized spacial score (nSPS) is 21.4. The third-order valence-electron chi connectivity index (χ3n) is 3.45. The molecule has 0 bridgehead atoms. The molecule has 0 unspecified atom stereocenters. The van der Waals surface area contributed by atoms with Gasteiger partial charge in [-0.3, -0.25) is 0 Å². The number of thiazole rings is 1. The Morgan fingerprint density at radius 3 is 2.06 bits per heavy atom. The fourth-order valence-corrected chi connectivity index (χ4v) is 3.14. The van der Waals surface area contributed by atoms with Gasteiger partial charge in [-0.05, 0) is 43.6 Å². The molecule has 2 heterocycles. The van der Waals surface area contributed by atoms with E-state index in [9.17, 15) is 0 Å². The number of aromatic nitrogens is 1. The number of rotatable bonds is 2. The molecule has 18 heavy (non-hydrogen) atoms. The van der Waals surface area contributed by atoms with Crippen LogP contribution in [0.1, 0.15) is 27.7 Å². The van der Waals surface area contributed by atoms with Crippen molar-refractivity contribution in [3.8, 4) is 0 Å². The van der Waals surface area contributed by atoms with Gasteiger partial charge in [0.05, 0.1) is 16.0 Å². The number of anilines is 1. The summed E-state index contributed by atoms with van der Waals surface area (Å²) in [6.45, 7) is 8.20. The summed E-state index contributed by atoms with van der Waals surface area (Å²) in [6.07, 6.45) is 0. The number of nitrogens with zero attached hydrogens (tertiary/aromatic N) is 2. The summed E-state index contributed by atoms with van der Waals surface area (Å²) in [6, 6.07) is 0. The predicted molar refractivity (Wildman–Crippen MR) is 79.9 cm³/mol. The molecule has 0 aromatic carbocycles. The molecule has 4 nitrogen and oxygen atoms in total. The predicted octanol–water partition coefficient (Wildman–Crippen LogP) is 2.27. The number of hydrogen-bond acceptors (Lipinski definition) is 5. The Balaban J connectivity index is 2.30. The highest BCUT2D eigenvalue weighted by atomic mass is 79.9. The molecule has 1 aliphatic heterocycles. The molecule has 1 fully saturated rings. The van der Waals surface area contributed by atoms with Gasteiger partial charge in [0.1, 0.15) is 4.60 Å². The van der Waals surface area contributed by atoms with Gasteiger partial charge in [-0.2, -0.15) is 0 Å². The zero-order valence-corrected chi connectivity index (χ0v) is 14.0. The van der Waals surface area contributed by atoms with Crippen LogP contribution in [0.5, 0.6) is 0 Å². The average Bonchev–Trinajstić information content (AvgIpc) is 2.66. The molecule has 1 aromatic rings. The molecule has 0 amide bonds. The van der Waals surface area contributed by atoms with Gasteiger partial charge >= 0.3 is 7.12 Å². The van der Waals surface area contributed by atoms with Crippen molar-refractivity contribution in [3.05, 3.63) is 4.60 Å². The third kappa shape index (κ3) is 2.33. The molecule has 1 aromatic heterocycles. The van der Waals surface area contributed by atoms with Crippen LogP contribution < -0.4 is 9.68 Å². The molecule has 0 N–H and O–H groups in total. The van der Waals surface area contributed by atoms with E-state index in [-0.39, 0.29) is 18.3 Å². The van der Waals surface area contributed by atoms with Crippen LogP contribution in [0.2, 0.25) is 0 Å². The van der Waals surface area contributed by atoms with E-state index in [1.54, 1.807) is 11.3 Å². The molecule has 1 saturated heterocycles. The van der Waals surface area contributed by atoms with Crippen molar-refractivity contribution < 1.29 is 9.31 Å². The van der Waals surface area contributed by atoms with Gasteiger partial charge < -0.3 is 14.2 Å². The molecule has 0 atom stereocenters. The minimum Gasteiger partial charge on any atom is -0.399 e. The van der Waals surface area contributed by atoms with Crippen LogP contribution in [-0.4, -0.2) is 37.4 Å². The first-order chi connectivity index (χ1) is 8.14.